The molecule has 0 fully saturated rings. The van der Waals surface area contributed by atoms with Gasteiger partial charge in [-0.1, -0.05) is 6.08 Å². The van der Waals surface area contributed by atoms with E-state index in [1.54, 1.807) is 6.08 Å². The predicted molar refractivity (Wildman–Crippen MR) is 49.4 cm³/mol. The van der Waals surface area contributed by atoms with Gasteiger partial charge in [0.25, 0.3) is 6.29 Å². The van der Waals surface area contributed by atoms with E-state index in [2.05, 4.69) is 0 Å². The molecular weight excluding hydrogens is 186 g/mol. The van der Waals surface area contributed by atoms with Crippen LogP contribution in [0.3, 0.4) is 0 Å². The Bertz CT molecular complexity index is 241. The summed E-state index contributed by atoms with van der Waals surface area (Å²) in [5.74, 6) is -0.937. The highest BCUT2D eigenvalue weighted by atomic mass is 16.7. The van der Waals surface area contributed by atoms with Gasteiger partial charge >= 0.3 is 5.97 Å². The van der Waals surface area contributed by atoms with Gasteiger partial charge in [0, 0.05) is 12.6 Å². The van der Waals surface area contributed by atoms with Crippen LogP contribution in [-0.2, 0) is 14.3 Å². The number of likely N-dealkylation sites (N-methyl/N-ethyl adjacent to an activating group) is 1. The molecule has 78 valence electrons. The standard InChI is InChI=1S/C9H13NO4/c1-10(4-2-3-8(11)12)7-9-13-5-6-14-9/h2-3,5-6,9H,4,7H2,1H3,(H,11,12). The molecule has 0 amide bonds. The zero-order chi connectivity index (χ0) is 10.4. The average molecular weight is 199 g/mol. The Morgan fingerprint density at radius 3 is 2.79 bits per heavy atom. The summed E-state index contributed by atoms with van der Waals surface area (Å²) in [6.45, 7) is 1.15. The summed E-state index contributed by atoms with van der Waals surface area (Å²) in [7, 11) is 1.86. The zero-order valence-electron chi connectivity index (χ0n) is 7.92. The van der Waals surface area contributed by atoms with Gasteiger partial charge in [0.1, 0.15) is 12.5 Å². The van der Waals surface area contributed by atoms with Gasteiger partial charge in [-0.05, 0) is 7.05 Å². The van der Waals surface area contributed by atoms with E-state index in [0.717, 1.165) is 6.08 Å². The molecule has 0 saturated heterocycles. The van der Waals surface area contributed by atoms with Gasteiger partial charge in [0.2, 0.25) is 0 Å². The highest BCUT2D eigenvalue weighted by molar-refractivity contribution is 5.79. The van der Waals surface area contributed by atoms with Crippen molar-refractivity contribution in [1.29, 1.82) is 0 Å². The molecule has 0 aromatic heterocycles. The van der Waals surface area contributed by atoms with Gasteiger partial charge in [-0.3, -0.25) is 4.90 Å². The van der Waals surface area contributed by atoms with E-state index in [0.29, 0.717) is 13.1 Å². The Hall–Kier alpha value is -1.49. The van der Waals surface area contributed by atoms with Crippen LogP contribution in [-0.4, -0.2) is 42.4 Å². The molecule has 0 aliphatic carbocycles. The van der Waals surface area contributed by atoms with E-state index < -0.39 is 5.97 Å². The lowest BCUT2D eigenvalue weighted by Crippen LogP contribution is -2.29. The molecule has 1 rings (SSSR count). The van der Waals surface area contributed by atoms with Crippen LogP contribution in [0.15, 0.2) is 24.7 Å². The first-order chi connectivity index (χ1) is 6.68. The molecule has 0 unspecified atom stereocenters. The largest absolute Gasteiger partial charge is 0.478 e. The van der Waals surface area contributed by atoms with Crippen molar-refractivity contribution in [2.24, 2.45) is 0 Å². The van der Waals surface area contributed by atoms with Crippen LogP contribution in [0.5, 0.6) is 0 Å². The predicted octanol–water partition coefficient (Wildman–Crippen LogP) is 0.403. The number of hydrogen-bond donors (Lipinski definition) is 1. The summed E-state index contributed by atoms with van der Waals surface area (Å²) in [5.41, 5.74) is 0. The number of carboxylic acids is 1. The van der Waals surface area contributed by atoms with Gasteiger partial charge in [-0.15, -0.1) is 0 Å². The van der Waals surface area contributed by atoms with Crippen molar-refractivity contribution in [3.63, 3.8) is 0 Å². The minimum atomic E-state index is -0.937. The SMILES string of the molecule is CN(CC=CC(=O)O)CC1OC=CO1. The lowest BCUT2D eigenvalue weighted by atomic mass is 10.4. The van der Waals surface area contributed by atoms with Crippen molar-refractivity contribution in [2.45, 2.75) is 6.29 Å². The molecule has 0 aromatic rings. The second kappa shape index (κ2) is 5.29. The molecule has 1 aliphatic rings. The van der Waals surface area contributed by atoms with Crippen LogP contribution in [0.25, 0.3) is 0 Å². The van der Waals surface area contributed by atoms with Crippen LogP contribution < -0.4 is 0 Å². The van der Waals surface area contributed by atoms with Gasteiger partial charge in [-0.25, -0.2) is 4.79 Å². The fourth-order valence-electron chi connectivity index (χ4n) is 1.02. The van der Waals surface area contributed by atoms with Gasteiger partial charge in [0.15, 0.2) is 0 Å². The first-order valence-corrected chi connectivity index (χ1v) is 4.22. The van der Waals surface area contributed by atoms with Crippen LogP contribution >= 0.6 is 0 Å². The Morgan fingerprint density at radius 2 is 2.21 bits per heavy atom. The van der Waals surface area contributed by atoms with Crippen LogP contribution in [0, 0.1) is 0 Å². The number of carboxylic acid groups (broad SMARTS) is 1. The third-order valence-corrected chi connectivity index (χ3v) is 1.65. The van der Waals surface area contributed by atoms with Crippen molar-refractivity contribution in [3.05, 3.63) is 24.7 Å². The quantitative estimate of drug-likeness (QED) is 0.649. The number of ether oxygens (including phenoxy) is 2. The van der Waals surface area contributed by atoms with E-state index >= 15 is 0 Å². The Kier molecular flexibility index (Phi) is 4.00. The zero-order valence-corrected chi connectivity index (χ0v) is 7.92. The summed E-state index contributed by atoms with van der Waals surface area (Å²) < 4.78 is 10.1. The first kappa shape index (κ1) is 10.6. The molecule has 1 aliphatic heterocycles. The van der Waals surface area contributed by atoms with Gasteiger partial charge < -0.3 is 14.6 Å². The minimum absolute atomic E-state index is 0.279. The van der Waals surface area contributed by atoms with Crippen molar-refractivity contribution >= 4 is 5.97 Å². The lowest BCUT2D eigenvalue weighted by Gasteiger charge is -2.18. The monoisotopic (exact) mass is 199 g/mol. The van der Waals surface area contributed by atoms with E-state index in [4.69, 9.17) is 14.6 Å². The lowest BCUT2D eigenvalue weighted by molar-refractivity contribution is -0.131. The highest BCUT2D eigenvalue weighted by Crippen LogP contribution is 2.05. The molecule has 0 radical (unpaired) electrons. The molecule has 0 bridgehead atoms. The van der Waals surface area contributed by atoms with E-state index in [-0.39, 0.29) is 6.29 Å². The average Bonchev–Trinajstić information content (AvgIpc) is 2.56. The Labute approximate surface area is 82.2 Å². The maximum absolute atomic E-state index is 10.2. The summed E-state index contributed by atoms with van der Waals surface area (Å²) in [6.07, 6.45) is 5.39. The Balaban J connectivity index is 2.15. The topological polar surface area (TPSA) is 59.0 Å². The van der Waals surface area contributed by atoms with E-state index in [1.165, 1.54) is 12.5 Å². The number of aliphatic carboxylic acids is 1. The fraction of sp³-hybridized carbons (Fsp3) is 0.444. The van der Waals surface area contributed by atoms with Crippen molar-refractivity contribution < 1.29 is 19.4 Å². The fourth-order valence-corrected chi connectivity index (χ4v) is 1.02. The van der Waals surface area contributed by atoms with Crippen LogP contribution in [0.1, 0.15) is 0 Å². The third kappa shape index (κ3) is 3.95. The maximum atomic E-state index is 10.2. The molecular formula is C9H13NO4. The molecule has 5 heteroatoms. The summed E-state index contributed by atoms with van der Waals surface area (Å²) in [4.78, 5) is 12.1. The molecule has 1 heterocycles. The molecule has 0 aromatic carbocycles. The Morgan fingerprint density at radius 1 is 1.57 bits per heavy atom. The molecule has 0 saturated carbocycles. The maximum Gasteiger partial charge on any atom is 0.328 e. The van der Waals surface area contributed by atoms with Crippen LogP contribution in [0.4, 0.5) is 0 Å². The second-order valence-electron chi connectivity index (χ2n) is 2.94. The van der Waals surface area contributed by atoms with Crippen molar-refractivity contribution in [1.82, 2.24) is 4.90 Å². The van der Waals surface area contributed by atoms with E-state index in [1.807, 2.05) is 11.9 Å². The van der Waals surface area contributed by atoms with Crippen LogP contribution in [0.2, 0.25) is 0 Å². The van der Waals surface area contributed by atoms with Crippen molar-refractivity contribution in [3.8, 4) is 0 Å². The number of nitrogens with zero attached hydrogens (tertiary/aromatic N) is 1. The molecule has 1 N–H and O–H groups in total. The minimum Gasteiger partial charge on any atom is -0.478 e. The summed E-state index contributed by atoms with van der Waals surface area (Å²) in [5, 5.41) is 8.35. The third-order valence-electron chi connectivity index (χ3n) is 1.65. The number of rotatable bonds is 5. The van der Waals surface area contributed by atoms with E-state index in [9.17, 15) is 4.79 Å². The molecule has 0 spiro atoms. The second-order valence-corrected chi connectivity index (χ2v) is 2.94. The summed E-state index contributed by atoms with van der Waals surface area (Å²) in [6, 6.07) is 0. The number of hydrogen-bond acceptors (Lipinski definition) is 4. The first-order valence-electron chi connectivity index (χ1n) is 4.22. The van der Waals surface area contributed by atoms with Gasteiger partial charge in [0.05, 0.1) is 6.54 Å². The molecule has 5 nitrogen and oxygen atoms in total. The number of carbonyl (C=O) groups is 1. The van der Waals surface area contributed by atoms with Crippen molar-refractivity contribution in [2.75, 3.05) is 20.1 Å². The normalized spacial score (nSPS) is 16.1. The van der Waals surface area contributed by atoms with Gasteiger partial charge in [-0.2, -0.15) is 0 Å². The molecule has 0 atom stereocenters. The highest BCUT2D eigenvalue weighted by Gasteiger charge is 2.13. The smallest absolute Gasteiger partial charge is 0.328 e. The molecule has 14 heavy (non-hydrogen) atoms. The summed E-state index contributed by atoms with van der Waals surface area (Å²) >= 11 is 0.